The summed E-state index contributed by atoms with van der Waals surface area (Å²) in [5, 5.41) is 12.9. The van der Waals surface area contributed by atoms with Gasteiger partial charge in [-0.3, -0.25) is 0 Å². The Morgan fingerprint density at radius 3 is 2.36 bits per heavy atom. The maximum atomic E-state index is 13.0. The number of carboxylic acids is 1. The van der Waals surface area contributed by atoms with Gasteiger partial charge in [0.1, 0.15) is 5.75 Å². The molecular formula is C27H25NO5. The third kappa shape index (κ3) is 4.46. The van der Waals surface area contributed by atoms with Gasteiger partial charge in [-0.1, -0.05) is 36.4 Å². The highest BCUT2D eigenvalue weighted by Gasteiger charge is 2.20. The molecule has 0 saturated heterocycles. The summed E-state index contributed by atoms with van der Waals surface area (Å²) in [6.45, 7) is 4.39. The van der Waals surface area contributed by atoms with E-state index in [0.717, 1.165) is 27.2 Å². The molecule has 0 spiro atoms. The van der Waals surface area contributed by atoms with Crippen LogP contribution in [0, 0.1) is 0 Å². The molecule has 4 rings (SSSR count). The third-order valence-corrected chi connectivity index (χ3v) is 5.74. The zero-order chi connectivity index (χ0) is 23.5. The van der Waals surface area contributed by atoms with E-state index < -0.39 is 18.2 Å². The van der Waals surface area contributed by atoms with Crippen molar-refractivity contribution in [3.63, 3.8) is 0 Å². The molecule has 6 heteroatoms. The van der Waals surface area contributed by atoms with E-state index in [9.17, 15) is 14.7 Å². The normalized spacial score (nSPS) is 11.8. The summed E-state index contributed by atoms with van der Waals surface area (Å²) in [5.74, 6) is -0.800. The van der Waals surface area contributed by atoms with Gasteiger partial charge in [-0.05, 0) is 66.4 Å². The van der Waals surface area contributed by atoms with Gasteiger partial charge in [-0.2, -0.15) is 0 Å². The number of benzene rings is 4. The Morgan fingerprint density at radius 2 is 1.64 bits per heavy atom. The minimum Gasteiger partial charge on any atom is -0.496 e. The van der Waals surface area contributed by atoms with E-state index in [4.69, 9.17) is 9.47 Å². The molecule has 0 aliphatic heterocycles. The fraction of sp³-hybridized carbons (Fsp3) is 0.185. The molecule has 1 N–H and O–H groups in total. The summed E-state index contributed by atoms with van der Waals surface area (Å²) >= 11 is 0. The number of aromatic carboxylic acids is 1. The van der Waals surface area contributed by atoms with E-state index in [1.807, 2.05) is 61.2 Å². The Balaban J connectivity index is 1.60. The molecule has 1 atom stereocenters. The van der Waals surface area contributed by atoms with Crippen molar-refractivity contribution in [2.75, 3.05) is 18.6 Å². The molecule has 0 amide bonds. The maximum absolute atomic E-state index is 13.0. The molecule has 0 fully saturated rings. The molecular weight excluding hydrogens is 418 g/mol. The topological polar surface area (TPSA) is 76.1 Å². The van der Waals surface area contributed by atoms with Gasteiger partial charge >= 0.3 is 11.9 Å². The molecule has 168 valence electrons. The zero-order valence-corrected chi connectivity index (χ0v) is 18.7. The number of carboxylic acid groups (broad SMARTS) is 1. The molecule has 0 aromatic heterocycles. The first-order valence-corrected chi connectivity index (χ1v) is 10.7. The van der Waals surface area contributed by atoms with Crippen molar-refractivity contribution in [3.8, 4) is 5.75 Å². The number of hydrogen-bond donors (Lipinski definition) is 1. The summed E-state index contributed by atoms with van der Waals surface area (Å²) in [4.78, 5) is 26.3. The number of esters is 1. The van der Waals surface area contributed by atoms with Gasteiger partial charge < -0.3 is 19.5 Å². The average Bonchev–Trinajstić information content (AvgIpc) is 2.83. The number of hydrogen-bond acceptors (Lipinski definition) is 5. The first-order chi connectivity index (χ1) is 15.9. The monoisotopic (exact) mass is 443 g/mol. The number of anilines is 1. The van der Waals surface area contributed by atoms with Crippen molar-refractivity contribution in [2.24, 2.45) is 0 Å². The van der Waals surface area contributed by atoms with Gasteiger partial charge in [0.05, 0.1) is 18.2 Å². The quantitative estimate of drug-likeness (QED) is 0.290. The van der Waals surface area contributed by atoms with Gasteiger partial charge in [0, 0.05) is 17.6 Å². The van der Waals surface area contributed by atoms with Crippen LogP contribution in [0.3, 0.4) is 0 Å². The number of rotatable bonds is 7. The Hall–Kier alpha value is -4.06. The molecule has 4 aromatic rings. The lowest BCUT2D eigenvalue weighted by molar-refractivity contribution is 0.0335. The predicted octanol–water partition coefficient (Wildman–Crippen LogP) is 5.73. The lowest BCUT2D eigenvalue weighted by atomic mass is 10.1. The highest BCUT2D eigenvalue weighted by Crippen LogP contribution is 2.29. The van der Waals surface area contributed by atoms with E-state index in [-0.39, 0.29) is 5.56 Å². The van der Waals surface area contributed by atoms with Crippen LogP contribution in [-0.2, 0) is 4.74 Å². The predicted molar refractivity (Wildman–Crippen MR) is 129 cm³/mol. The SMILES string of the molecule is CCN(c1ccc2ccc(C(=O)O)cc2c1)C(C)OC(=O)c1cc(OC)c2ccccc2c1. The molecule has 1 unspecified atom stereocenters. The summed E-state index contributed by atoms with van der Waals surface area (Å²) in [7, 11) is 1.58. The number of carbonyl (C=O) groups is 2. The van der Waals surface area contributed by atoms with Crippen LogP contribution < -0.4 is 9.64 Å². The summed E-state index contributed by atoms with van der Waals surface area (Å²) < 4.78 is 11.3. The molecule has 6 nitrogen and oxygen atoms in total. The molecule has 0 aliphatic rings. The van der Waals surface area contributed by atoms with Crippen LogP contribution >= 0.6 is 0 Å². The minimum atomic E-state index is -0.970. The van der Waals surface area contributed by atoms with Crippen molar-refractivity contribution in [1.82, 2.24) is 0 Å². The van der Waals surface area contributed by atoms with E-state index in [0.29, 0.717) is 17.9 Å². The lowest BCUT2D eigenvalue weighted by Crippen LogP contribution is -2.36. The molecule has 4 aromatic carbocycles. The summed E-state index contributed by atoms with van der Waals surface area (Å²) in [5.41, 5.74) is 1.48. The summed E-state index contributed by atoms with van der Waals surface area (Å²) in [6, 6.07) is 22.0. The van der Waals surface area contributed by atoms with Gasteiger partial charge in [0.15, 0.2) is 6.23 Å². The second-order valence-corrected chi connectivity index (χ2v) is 7.74. The molecule has 0 bridgehead atoms. The van der Waals surface area contributed by atoms with Gasteiger partial charge in [0.2, 0.25) is 0 Å². The van der Waals surface area contributed by atoms with Crippen LogP contribution in [0.15, 0.2) is 72.8 Å². The van der Waals surface area contributed by atoms with Crippen LogP contribution in [0.2, 0.25) is 0 Å². The Kier molecular flexibility index (Phi) is 6.18. The fourth-order valence-corrected chi connectivity index (χ4v) is 4.04. The van der Waals surface area contributed by atoms with Crippen LogP contribution in [0.1, 0.15) is 34.6 Å². The Bertz CT molecular complexity index is 1350. The molecule has 33 heavy (non-hydrogen) atoms. The Morgan fingerprint density at radius 1 is 0.909 bits per heavy atom. The van der Waals surface area contributed by atoms with Crippen LogP contribution in [-0.4, -0.2) is 36.9 Å². The van der Waals surface area contributed by atoms with Gasteiger partial charge in [-0.15, -0.1) is 0 Å². The Labute approximate surface area is 192 Å². The first-order valence-electron chi connectivity index (χ1n) is 10.7. The fourth-order valence-electron chi connectivity index (χ4n) is 4.04. The highest BCUT2D eigenvalue weighted by molar-refractivity contribution is 5.98. The van der Waals surface area contributed by atoms with Gasteiger partial charge in [-0.25, -0.2) is 9.59 Å². The molecule has 0 heterocycles. The van der Waals surface area contributed by atoms with Crippen molar-refractivity contribution >= 4 is 39.2 Å². The second-order valence-electron chi connectivity index (χ2n) is 7.74. The van der Waals surface area contributed by atoms with Crippen LogP contribution in [0.4, 0.5) is 5.69 Å². The highest BCUT2D eigenvalue weighted by atomic mass is 16.6. The number of carbonyl (C=O) groups excluding carboxylic acids is 1. The largest absolute Gasteiger partial charge is 0.496 e. The lowest BCUT2D eigenvalue weighted by Gasteiger charge is -2.30. The zero-order valence-electron chi connectivity index (χ0n) is 18.7. The number of nitrogens with zero attached hydrogens (tertiary/aromatic N) is 1. The average molecular weight is 443 g/mol. The van der Waals surface area contributed by atoms with E-state index in [1.165, 1.54) is 0 Å². The van der Waals surface area contributed by atoms with Crippen molar-refractivity contribution in [1.29, 1.82) is 0 Å². The van der Waals surface area contributed by atoms with E-state index >= 15 is 0 Å². The van der Waals surface area contributed by atoms with E-state index in [1.54, 1.807) is 37.4 Å². The smallest absolute Gasteiger partial charge is 0.340 e. The molecule has 0 aliphatic carbocycles. The molecule has 0 saturated carbocycles. The third-order valence-electron chi connectivity index (χ3n) is 5.74. The second kappa shape index (κ2) is 9.20. The van der Waals surface area contributed by atoms with Crippen molar-refractivity contribution in [2.45, 2.75) is 20.1 Å². The van der Waals surface area contributed by atoms with E-state index in [2.05, 4.69) is 0 Å². The van der Waals surface area contributed by atoms with Crippen molar-refractivity contribution in [3.05, 3.63) is 83.9 Å². The van der Waals surface area contributed by atoms with Gasteiger partial charge in [0.25, 0.3) is 0 Å². The molecule has 0 radical (unpaired) electrons. The minimum absolute atomic E-state index is 0.229. The van der Waals surface area contributed by atoms with Crippen molar-refractivity contribution < 1.29 is 24.2 Å². The standard InChI is InChI=1S/C27H25NO5/c1-4-28(23-12-11-18-9-10-20(26(29)30)14-21(18)15-23)17(2)33-27(31)22-13-19-7-5-6-8-24(19)25(16-22)32-3/h5-17H,4H2,1-3H3,(H,29,30). The number of methoxy groups -OCH3 is 1. The van der Waals surface area contributed by atoms with Crippen LogP contribution in [0.25, 0.3) is 21.5 Å². The first kappa shape index (κ1) is 22.1. The number of fused-ring (bicyclic) bond motifs is 2. The van der Waals surface area contributed by atoms with Crippen LogP contribution in [0.5, 0.6) is 5.75 Å². The summed E-state index contributed by atoms with van der Waals surface area (Å²) in [6.07, 6.45) is -0.542. The number of ether oxygens (including phenoxy) is 2. The maximum Gasteiger partial charge on any atom is 0.340 e.